The third kappa shape index (κ3) is 3.42. The van der Waals surface area contributed by atoms with Crippen molar-refractivity contribution in [1.29, 1.82) is 0 Å². The van der Waals surface area contributed by atoms with Crippen LogP contribution in [0.2, 0.25) is 0 Å². The zero-order valence-electron chi connectivity index (χ0n) is 16.1. The number of aromatic nitrogens is 5. The van der Waals surface area contributed by atoms with Gasteiger partial charge in [-0.2, -0.15) is 4.52 Å². The van der Waals surface area contributed by atoms with E-state index in [1.165, 1.54) is 6.07 Å². The lowest BCUT2D eigenvalue weighted by Gasteiger charge is -2.06. The average Bonchev–Trinajstić information content (AvgIpc) is 3.36. The highest BCUT2D eigenvalue weighted by atomic mass is 32.1. The molecule has 3 heterocycles. The number of anilines is 1. The molecule has 0 spiro atoms. The lowest BCUT2D eigenvalue weighted by atomic mass is 10.2. The highest BCUT2D eigenvalue weighted by molar-refractivity contribution is 7.15. The van der Waals surface area contributed by atoms with Crippen molar-refractivity contribution >= 4 is 22.8 Å². The molecule has 3 aromatic heterocycles. The normalized spacial score (nSPS) is 11.1. The van der Waals surface area contributed by atoms with Gasteiger partial charge in [-0.3, -0.25) is 0 Å². The Kier molecular flexibility index (Phi) is 4.68. The Morgan fingerprint density at radius 2 is 1.77 bits per heavy atom. The topological polar surface area (TPSA) is 68.0 Å². The Balaban J connectivity index is 1.41. The average molecular weight is 416 g/mol. The molecule has 0 aliphatic carbocycles. The van der Waals surface area contributed by atoms with Gasteiger partial charge in [0.25, 0.3) is 0 Å². The molecule has 5 aromatic rings. The van der Waals surface area contributed by atoms with Crippen LogP contribution in [0.5, 0.6) is 0 Å². The van der Waals surface area contributed by atoms with E-state index in [9.17, 15) is 4.39 Å². The first kappa shape index (κ1) is 18.4. The van der Waals surface area contributed by atoms with Crippen molar-refractivity contribution in [1.82, 2.24) is 24.8 Å². The van der Waals surface area contributed by atoms with E-state index in [1.54, 1.807) is 34.1 Å². The van der Waals surface area contributed by atoms with Crippen LogP contribution in [0.3, 0.4) is 0 Å². The van der Waals surface area contributed by atoms with Gasteiger partial charge < -0.3 is 5.32 Å². The van der Waals surface area contributed by atoms with Crippen LogP contribution in [-0.2, 0) is 6.54 Å². The van der Waals surface area contributed by atoms with E-state index in [1.807, 2.05) is 37.3 Å². The molecule has 30 heavy (non-hydrogen) atoms. The largest absolute Gasteiger partial charge is 0.364 e. The Labute approximate surface area is 176 Å². The lowest BCUT2D eigenvalue weighted by Crippen LogP contribution is -2.05. The van der Waals surface area contributed by atoms with Crippen LogP contribution in [0.15, 0.2) is 66.7 Å². The van der Waals surface area contributed by atoms with Gasteiger partial charge in [0.1, 0.15) is 16.6 Å². The summed E-state index contributed by atoms with van der Waals surface area (Å²) in [6.07, 6.45) is 0. The van der Waals surface area contributed by atoms with Crippen LogP contribution in [-0.4, -0.2) is 24.8 Å². The van der Waals surface area contributed by atoms with Gasteiger partial charge in [0, 0.05) is 10.4 Å². The molecule has 0 bridgehead atoms. The highest BCUT2D eigenvalue weighted by Crippen LogP contribution is 2.28. The van der Waals surface area contributed by atoms with Crippen molar-refractivity contribution in [3.63, 3.8) is 0 Å². The molecule has 0 saturated heterocycles. The predicted molar refractivity (Wildman–Crippen MR) is 116 cm³/mol. The summed E-state index contributed by atoms with van der Waals surface area (Å²) in [5.41, 5.74) is 3.01. The van der Waals surface area contributed by atoms with E-state index < -0.39 is 0 Å². The fourth-order valence-electron chi connectivity index (χ4n) is 3.16. The number of hydrogen-bond acceptors (Lipinski definition) is 6. The number of fused-ring (bicyclic) bond motifs is 1. The third-order valence-electron chi connectivity index (χ3n) is 4.72. The highest BCUT2D eigenvalue weighted by Gasteiger charge is 2.14. The fourth-order valence-corrected chi connectivity index (χ4v) is 4.17. The zero-order chi connectivity index (χ0) is 20.5. The quantitative estimate of drug-likeness (QED) is 0.438. The number of benzene rings is 2. The molecule has 0 aliphatic rings. The third-order valence-corrected chi connectivity index (χ3v) is 5.93. The Bertz CT molecular complexity index is 1330. The Morgan fingerprint density at radius 3 is 2.60 bits per heavy atom. The maximum Gasteiger partial charge on any atom is 0.188 e. The van der Waals surface area contributed by atoms with Gasteiger partial charge in [-0.25, -0.2) is 9.37 Å². The second-order valence-corrected chi connectivity index (χ2v) is 7.82. The maximum absolute atomic E-state index is 14.2. The molecule has 2 aromatic carbocycles. The summed E-state index contributed by atoms with van der Waals surface area (Å²) < 4.78 is 15.8. The number of nitrogens with zero attached hydrogens (tertiary/aromatic N) is 5. The second-order valence-electron chi connectivity index (χ2n) is 6.74. The summed E-state index contributed by atoms with van der Waals surface area (Å²) in [5, 5.41) is 17.1. The number of thiazole rings is 1. The van der Waals surface area contributed by atoms with E-state index in [0.29, 0.717) is 29.4 Å². The van der Waals surface area contributed by atoms with E-state index >= 15 is 0 Å². The van der Waals surface area contributed by atoms with Crippen molar-refractivity contribution in [2.45, 2.75) is 13.5 Å². The molecular weight excluding hydrogens is 399 g/mol. The lowest BCUT2D eigenvalue weighted by molar-refractivity contribution is 0.629. The number of hydrogen-bond donors (Lipinski definition) is 1. The molecule has 0 fully saturated rings. The summed E-state index contributed by atoms with van der Waals surface area (Å²) in [6, 6.07) is 20.2. The van der Waals surface area contributed by atoms with E-state index in [0.717, 1.165) is 21.1 Å². The van der Waals surface area contributed by atoms with E-state index in [-0.39, 0.29) is 5.82 Å². The Hall–Kier alpha value is -3.65. The molecule has 8 heteroatoms. The molecule has 148 valence electrons. The summed E-state index contributed by atoms with van der Waals surface area (Å²) in [4.78, 5) is 5.82. The van der Waals surface area contributed by atoms with Gasteiger partial charge >= 0.3 is 0 Å². The summed E-state index contributed by atoms with van der Waals surface area (Å²) in [5.74, 6) is 0.654. The number of rotatable bonds is 5. The first-order valence-corrected chi connectivity index (χ1v) is 10.2. The first-order valence-electron chi connectivity index (χ1n) is 9.42. The maximum atomic E-state index is 14.2. The van der Waals surface area contributed by atoms with Gasteiger partial charge in [-0.05, 0) is 31.2 Å². The monoisotopic (exact) mass is 416 g/mol. The van der Waals surface area contributed by atoms with E-state index in [2.05, 4.69) is 37.7 Å². The zero-order valence-corrected chi connectivity index (χ0v) is 16.9. The molecule has 0 atom stereocenters. The number of nitrogens with one attached hydrogen (secondary N) is 1. The van der Waals surface area contributed by atoms with Crippen molar-refractivity contribution in [3.05, 3.63) is 83.1 Å². The van der Waals surface area contributed by atoms with Crippen LogP contribution in [0.4, 0.5) is 10.2 Å². The van der Waals surface area contributed by atoms with Crippen LogP contribution in [0, 0.1) is 12.7 Å². The molecular formula is C22H17FN6S. The molecule has 0 unspecified atom stereocenters. The molecule has 6 nitrogen and oxygen atoms in total. The minimum Gasteiger partial charge on any atom is -0.364 e. The standard InChI is InChI=1S/C22H17FN6S/c1-14-18(30-22(25-14)15-7-3-2-4-8-15)13-24-19-11-12-20-26-27-21(29(20)28-19)16-9-5-6-10-17(16)23/h2-12H,13H2,1H3,(H,24,28). The van der Waals surface area contributed by atoms with E-state index in [4.69, 9.17) is 0 Å². The second kappa shape index (κ2) is 7.64. The van der Waals surface area contributed by atoms with Gasteiger partial charge in [0.2, 0.25) is 0 Å². The van der Waals surface area contributed by atoms with Gasteiger partial charge in [0.15, 0.2) is 11.5 Å². The van der Waals surface area contributed by atoms with Crippen molar-refractivity contribution in [2.24, 2.45) is 0 Å². The number of halogens is 1. The summed E-state index contributed by atoms with van der Waals surface area (Å²) in [6.45, 7) is 2.60. The van der Waals surface area contributed by atoms with Crippen LogP contribution < -0.4 is 5.32 Å². The molecule has 0 aliphatic heterocycles. The molecule has 0 saturated carbocycles. The smallest absolute Gasteiger partial charge is 0.188 e. The fraction of sp³-hybridized carbons (Fsp3) is 0.0909. The van der Waals surface area contributed by atoms with Gasteiger partial charge in [-0.1, -0.05) is 42.5 Å². The molecule has 0 radical (unpaired) electrons. The Morgan fingerprint density at radius 1 is 0.967 bits per heavy atom. The van der Waals surface area contributed by atoms with Crippen LogP contribution >= 0.6 is 11.3 Å². The van der Waals surface area contributed by atoms with Crippen molar-refractivity contribution in [3.8, 4) is 22.0 Å². The minimum atomic E-state index is -0.360. The molecule has 1 N–H and O–H groups in total. The summed E-state index contributed by atoms with van der Waals surface area (Å²) in [7, 11) is 0. The van der Waals surface area contributed by atoms with Crippen LogP contribution in [0.25, 0.3) is 27.6 Å². The van der Waals surface area contributed by atoms with Crippen LogP contribution in [0.1, 0.15) is 10.6 Å². The predicted octanol–water partition coefficient (Wildman–Crippen LogP) is 4.97. The molecule has 5 rings (SSSR count). The minimum absolute atomic E-state index is 0.360. The van der Waals surface area contributed by atoms with Gasteiger partial charge in [-0.15, -0.1) is 26.6 Å². The van der Waals surface area contributed by atoms with Crippen molar-refractivity contribution in [2.75, 3.05) is 5.32 Å². The molecule has 0 amide bonds. The van der Waals surface area contributed by atoms with Crippen molar-refractivity contribution < 1.29 is 4.39 Å². The SMILES string of the molecule is Cc1nc(-c2ccccc2)sc1CNc1ccc2nnc(-c3ccccc3F)n2n1. The summed E-state index contributed by atoms with van der Waals surface area (Å²) >= 11 is 1.66. The first-order chi connectivity index (χ1) is 14.7. The number of aryl methyl sites for hydroxylation is 1. The van der Waals surface area contributed by atoms with Gasteiger partial charge in [0.05, 0.1) is 17.8 Å².